The molecule has 0 amide bonds. The molecule has 0 radical (unpaired) electrons. The summed E-state index contributed by atoms with van der Waals surface area (Å²) in [5.41, 5.74) is 0.0819. The summed E-state index contributed by atoms with van der Waals surface area (Å²) in [6, 6.07) is 0. The van der Waals surface area contributed by atoms with Crippen molar-refractivity contribution in [1.82, 2.24) is 0 Å². The summed E-state index contributed by atoms with van der Waals surface area (Å²) < 4.78 is 11.3. The van der Waals surface area contributed by atoms with Crippen molar-refractivity contribution in [3.05, 3.63) is 0 Å². The number of hydrogen-bond acceptors (Lipinski definition) is 2. The Morgan fingerprint density at radius 1 is 1.25 bits per heavy atom. The van der Waals surface area contributed by atoms with E-state index < -0.39 is 10.0 Å². The van der Waals surface area contributed by atoms with Crippen molar-refractivity contribution in [2.24, 2.45) is 5.92 Å². The van der Waals surface area contributed by atoms with E-state index in [9.17, 15) is 0 Å². The third kappa shape index (κ3) is 8.50. The van der Waals surface area contributed by atoms with Gasteiger partial charge in [0, 0.05) is 0 Å². The minimum atomic E-state index is -0.703. The van der Waals surface area contributed by atoms with Crippen molar-refractivity contribution in [1.29, 1.82) is 0 Å². The first-order chi connectivity index (χ1) is 7.54. The van der Waals surface area contributed by atoms with Crippen LogP contribution in [0.5, 0.6) is 0 Å². The molecule has 0 aliphatic heterocycles. The lowest BCUT2D eigenvalue weighted by Gasteiger charge is -2.32. The van der Waals surface area contributed by atoms with Crippen LogP contribution in [0.25, 0.3) is 0 Å². The van der Waals surface area contributed by atoms with Gasteiger partial charge in [-0.2, -0.15) is 0 Å². The van der Waals surface area contributed by atoms with Gasteiger partial charge in [0.2, 0.25) is 0 Å². The molecule has 0 saturated carbocycles. The highest BCUT2D eigenvalue weighted by molar-refractivity contribution is 6.27. The Balaban J connectivity index is 3.97. The van der Waals surface area contributed by atoms with E-state index in [-0.39, 0.29) is 5.60 Å². The maximum atomic E-state index is 6.02. The van der Waals surface area contributed by atoms with Crippen molar-refractivity contribution in [2.45, 2.75) is 71.8 Å². The zero-order valence-electron chi connectivity index (χ0n) is 11.8. The second kappa shape index (κ2) is 9.39. The molecule has 1 atom stereocenters. The van der Waals surface area contributed by atoms with E-state index in [2.05, 4.69) is 27.7 Å². The highest BCUT2D eigenvalue weighted by atomic mass is 28.3. The normalized spacial score (nSPS) is 16.3. The van der Waals surface area contributed by atoms with E-state index in [0.29, 0.717) is 5.92 Å². The minimum absolute atomic E-state index is 0.0819. The summed E-state index contributed by atoms with van der Waals surface area (Å²) in [5, 5.41) is 0. The van der Waals surface area contributed by atoms with Crippen molar-refractivity contribution in [2.75, 3.05) is 0 Å². The molecule has 98 valence electrons. The summed E-state index contributed by atoms with van der Waals surface area (Å²) in [4.78, 5) is 0. The molecule has 4 heteroatoms. The maximum absolute atomic E-state index is 6.02. The number of hydrogen-bond donors (Lipinski definition) is 0. The van der Waals surface area contributed by atoms with Crippen LogP contribution in [-0.4, -0.2) is 26.1 Å². The summed E-state index contributed by atoms with van der Waals surface area (Å²) in [6.07, 6.45) is 7.66. The predicted molar refractivity (Wildman–Crippen MR) is 77.3 cm³/mol. The predicted octanol–water partition coefficient (Wildman–Crippen LogP) is 2.07. The van der Waals surface area contributed by atoms with Crippen LogP contribution in [0, 0.1) is 5.92 Å². The first-order valence-electron chi connectivity index (χ1n) is 6.67. The first-order valence-corrected chi connectivity index (χ1v) is 8.64. The molecule has 0 rings (SSSR count). The first kappa shape index (κ1) is 16.4. The zero-order valence-corrected chi connectivity index (χ0v) is 15.3. The fourth-order valence-corrected chi connectivity index (χ4v) is 3.24. The van der Waals surface area contributed by atoms with Gasteiger partial charge < -0.3 is 8.54 Å². The van der Waals surface area contributed by atoms with Gasteiger partial charge in [0.25, 0.3) is 10.0 Å². The van der Waals surface area contributed by atoms with Crippen LogP contribution in [0.4, 0.5) is 0 Å². The van der Waals surface area contributed by atoms with Crippen LogP contribution >= 0.6 is 0 Å². The number of rotatable bonds is 10. The summed E-state index contributed by atoms with van der Waals surface area (Å²) in [5.74, 6) is 0.708. The monoisotopic (exact) mass is 262 g/mol. The van der Waals surface area contributed by atoms with Crippen molar-refractivity contribution >= 4 is 20.5 Å². The van der Waals surface area contributed by atoms with Crippen LogP contribution in [0.2, 0.25) is 0 Å². The molecule has 1 unspecified atom stereocenters. The second-order valence-electron chi connectivity index (χ2n) is 5.41. The van der Waals surface area contributed by atoms with Crippen molar-refractivity contribution in [3.63, 3.8) is 0 Å². The van der Waals surface area contributed by atoms with Crippen molar-refractivity contribution in [3.8, 4) is 0 Å². The van der Waals surface area contributed by atoms with E-state index in [1.54, 1.807) is 0 Å². The third-order valence-electron chi connectivity index (χ3n) is 2.92. The van der Waals surface area contributed by atoms with Gasteiger partial charge in [0.05, 0.1) is 5.60 Å². The average Bonchev–Trinajstić information content (AvgIpc) is 2.21. The van der Waals surface area contributed by atoms with Gasteiger partial charge >= 0.3 is 0 Å². The van der Waals surface area contributed by atoms with Gasteiger partial charge in [-0.05, 0) is 25.7 Å². The Bertz CT molecular complexity index is 165. The Kier molecular flexibility index (Phi) is 9.60. The molecule has 0 spiro atoms. The summed E-state index contributed by atoms with van der Waals surface area (Å²) >= 11 is 0. The molecular weight excluding hydrogens is 232 g/mol. The summed E-state index contributed by atoms with van der Waals surface area (Å²) in [6.45, 7) is 9.08. The van der Waals surface area contributed by atoms with Gasteiger partial charge in [0.15, 0.2) is 0 Å². The Morgan fingerprint density at radius 2 is 1.94 bits per heavy atom. The molecule has 0 aromatic rings. The molecule has 0 aliphatic carbocycles. The van der Waals surface area contributed by atoms with E-state index in [1.165, 1.54) is 32.1 Å². The highest BCUT2D eigenvalue weighted by Gasteiger charge is 2.25. The van der Waals surface area contributed by atoms with Gasteiger partial charge in [-0.15, -0.1) is 0 Å². The molecule has 0 bridgehead atoms. The maximum Gasteiger partial charge on any atom is 0.294 e. The SMILES string of the molecule is CCCCCCC(C)(CC(C)C)O[SiH2]O[SiH3]. The summed E-state index contributed by atoms with van der Waals surface area (Å²) in [7, 11) is 0.121. The zero-order chi connectivity index (χ0) is 12.4. The average molecular weight is 263 g/mol. The third-order valence-corrected chi connectivity index (χ3v) is 4.68. The van der Waals surface area contributed by atoms with Crippen LogP contribution < -0.4 is 0 Å². The highest BCUT2D eigenvalue weighted by Crippen LogP contribution is 2.27. The Hall–Kier alpha value is 0.354. The standard InChI is InChI=1S/C12H30O2Si2/c1-5-6-7-8-9-12(4,10-11(2)3)13-16-14-15/h11H,5-10,16H2,1-4,15H3. The topological polar surface area (TPSA) is 18.5 Å². The molecule has 0 N–H and O–H groups in total. The van der Waals surface area contributed by atoms with E-state index in [0.717, 1.165) is 16.9 Å². The molecule has 0 heterocycles. The molecule has 0 aromatic heterocycles. The van der Waals surface area contributed by atoms with Crippen LogP contribution in [0.15, 0.2) is 0 Å². The minimum Gasteiger partial charge on any atom is -0.449 e. The molecule has 0 aliphatic rings. The molecule has 16 heavy (non-hydrogen) atoms. The largest absolute Gasteiger partial charge is 0.449 e. The van der Waals surface area contributed by atoms with Gasteiger partial charge in [-0.1, -0.05) is 46.5 Å². The lowest BCUT2D eigenvalue weighted by Crippen LogP contribution is -2.32. The van der Waals surface area contributed by atoms with Crippen LogP contribution in [0.3, 0.4) is 0 Å². The Morgan fingerprint density at radius 3 is 2.44 bits per heavy atom. The molecule has 2 nitrogen and oxygen atoms in total. The van der Waals surface area contributed by atoms with Crippen LogP contribution in [-0.2, 0) is 8.54 Å². The van der Waals surface area contributed by atoms with Crippen LogP contribution in [0.1, 0.15) is 66.2 Å². The van der Waals surface area contributed by atoms with E-state index in [4.69, 9.17) is 8.54 Å². The van der Waals surface area contributed by atoms with Gasteiger partial charge in [-0.3, -0.25) is 0 Å². The Labute approximate surface area is 107 Å². The molecule has 0 fully saturated rings. The fourth-order valence-electron chi connectivity index (χ4n) is 2.22. The van der Waals surface area contributed by atoms with Crippen molar-refractivity contribution < 1.29 is 8.54 Å². The van der Waals surface area contributed by atoms with E-state index in [1.807, 2.05) is 0 Å². The van der Waals surface area contributed by atoms with Gasteiger partial charge in [0.1, 0.15) is 10.5 Å². The molecular formula is C12H30O2Si2. The van der Waals surface area contributed by atoms with Gasteiger partial charge in [-0.25, -0.2) is 0 Å². The second-order valence-corrected chi connectivity index (χ2v) is 8.24. The smallest absolute Gasteiger partial charge is 0.294 e. The van der Waals surface area contributed by atoms with E-state index >= 15 is 0 Å². The lowest BCUT2D eigenvalue weighted by molar-refractivity contribution is 0.0457. The molecule has 0 saturated heterocycles. The number of unbranched alkanes of at least 4 members (excludes halogenated alkanes) is 3. The quantitative estimate of drug-likeness (QED) is 0.443. The molecule has 0 aromatic carbocycles. The fraction of sp³-hybridized carbons (Fsp3) is 1.00. The lowest BCUT2D eigenvalue weighted by atomic mass is 9.89.